The summed E-state index contributed by atoms with van der Waals surface area (Å²) in [5.41, 5.74) is 6.45. The molecule has 1 fully saturated rings. The van der Waals surface area contributed by atoms with Crippen molar-refractivity contribution in [2.75, 3.05) is 0 Å². The summed E-state index contributed by atoms with van der Waals surface area (Å²) in [6.07, 6.45) is 6.35. The van der Waals surface area contributed by atoms with Crippen LogP contribution in [-0.4, -0.2) is 83.6 Å². The van der Waals surface area contributed by atoms with E-state index in [1.54, 1.807) is 51.2 Å². The van der Waals surface area contributed by atoms with Gasteiger partial charge in [0.05, 0.1) is 41.1 Å². The van der Waals surface area contributed by atoms with E-state index < -0.39 is 65.2 Å². The molecule has 0 radical (unpaired) electrons. The molecule has 5 atom stereocenters. The smallest absolute Gasteiger partial charge is 0.417 e. The van der Waals surface area contributed by atoms with Crippen LogP contribution in [0.3, 0.4) is 0 Å². The Kier molecular flexibility index (Phi) is 15.5. The number of carbonyl (C=O) groups is 4. The zero-order chi connectivity index (χ0) is 42.7. The molecule has 1 unspecified atom stereocenters. The average molecular weight is 813 g/mol. The first-order valence-electron chi connectivity index (χ1n) is 20.7. The number of nitrogens with zero attached hydrogens (tertiary/aromatic N) is 3. The summed E-state index contributed by atoms with van der Waals surface area (Å²) in [6, 6.07) is 10.7. The number of imide groups is 1. The highest BCUT2D eigenvalue weighted by molar-refractivity contribution is 6.02. The van der Waals surface area contributed by atoms with Gasteiger partial charge in [-0.15, -0.1) is 0 Å². The Hall–Kier alpha value is -5.41. The molecule has 2 aromatic heterocycles. The number of carbonyl (C=O) groups excluding carboxylic acids is 4. The number of aliphatic hydroxyl groups excluding tert-OH is 1. The molecule has 1 saturated carbocycles. The number of rotatable bonds is 17. The summed E-state index contributed by atoms with van der Waals surface area (Å²) in [4.78, 5) is 86.6. The third kappa shape index (κ3) is 12.8. The van der Waals surface area contributed by atoms with E-state index in [0.717, 1.165) is 37.7 Å². The topological polar surface area (TPSA) is 225 Å². The number of H-pyrrole nitrogens is 2. The summed E-state index contributed by atoms with van der Waals surface area (Å²) in [6.45, 7) is 8.74. The second kappa shape index (κ2) is 20.5. The van der Waals surface area contributed by atoms with Gasteiger partial charge in [0.2, 0.25) is 11.8 Å². The van der Waals surface area contributed by atoms with Crippen molar-refractivity contribution in [1.82, 2.24) is 35.5 Å². The molecule has 0 aliphatic heterocycles. The Bertz CT molecular complexity index is 2060. The third-order valence-corrected chi connectivity index (χ3v) is 10.5. The van der Waals surface area contributed by atoms with E-state index >= 15 is 4.79 Å². The van der Waals surface area contributed by atoms with E-state index in [2.05, 4.69) is 30.6 Å². The minimum Gasteiger partial charge on any atom is -0.443 e. The zero-order valence-electron chi connectivity index (χ0n) is 34.8. The lowest BCUT2D eigenvalue weighted by Gasteiger charge is -2.37. The van der Waals surface area contributed by atoms with Crippen molar-refractivity contribution in [3.8, 4) is 0 Å². The Morgan fingerprint density at radius 1 is 0.966 bits per heavy atom. The predicted molar refractivity (Wildman–Crippen MR) is 224 cm³/mol. The van der Waals surface area contributed by atoms with Crippen molar-refractivity contribution < 1.29 is 29.0 Å². The van der Waals surface area contributed by atoms with E-state index in [1.165, 1.54) is 6.33 Å². The third-order valence-electron chi connectivity index (χ3n) is 10.5. The van der Waals surface area contributed by atoms with Gasteiger partial charge in [0, 0.05) is 12.6 Å². The number of aromatic amines is 2. The molecule has 4 amide bonds. The van der Waals surface area contributed by atoms with Crippen LogP contribution < -0.4 is 21.9 Å². The van der Waals surface area contributed by atoms with Crippen LogP contribution in [0, 0.1) is 11.8 Å². The highest BCUT2D eigenvalue weighted by Crippen LogP contribution is 2.30. The van der Waals surface area contributed by atoms with Crippen molar-refractivity contribution in [1.29, 1.82) is 0 Å². The van der Waals surface area contributed by atoms with E-state index in [-0.39, 0.29) is 31.0 Å². The van der Waals surface area contributed by atoms with E-state index in [9.17, 15) is 24.3 Å². The largest absolute Gasteiger partial charge is 0.443 e. The zero-order valence-corrected chi connectivity index (χ0v) is 34.8. The van der Waals surface area contributed by atoms with Gasteiger partial charge in [-0.3, -0.25) is 19.2 Å². The summed E-state index contributed by atoms with van der Waals surface area (Å²) >= 11 is 0. The number of hydrogen-bond donors (Lipinski definition) is 6. The lowest BCUT2D eigenvalue weighted by Crippen LogP contribution is -2.63. The number of aromatic nitrogens is 4. The molecule has 15 nitrogen and oxygen atoms in total. The number of fused-ring (bicyclic) bond motifs is 1. The van der Waals surface area contributed by atoms with Crippen LogP contribution in [-0.2, 0) is 32.0 Å². The lowest BCUT2D eigenvalue weighted by atomic mass is 9.84. The molecule has 59 heavy (non-hydrogen) atoms. The van der Waals surface area contributed by atoms with Crippen LogP contribution >= 0.6 is 0 Å². The van der Waals surface area contributed by atoms with Crippen molar-refractivity contribution >= 4 is 34.7 Å². The fourth-order valence-corrected chi connectivity index (χ4v) is 7.61. The highest BCUT2D eigenvalue weighted by atomic mass is 16.6. The number of ether oxygens (including phenoxy) is 1. The van der Waals surface area contributed by atoms with Gasteiger partial charge in [0.15, 0.2) is 0 Å². The Labute approximate surface area is 345 Å². The maximum atomic E-state index is 15.1. The van der Waals surface area contributed by atoms with E-state index in [1.807, 2.05) is 44.2 Å². The Morgan fingerprint density at radius 2 is 1.66 bits per heavy atom. The van der Waals surface area contributed by atoms with Crippen molar-refractivity contribution in [2.45, 2.75) is 135 Å². The molecule has 1 aliphatic rings. The molecular weight excluding hydrogens is 753 g/mol. The van der Waals surface area contributed by atoms with Crippen LogP contribution in [0.4, 0.5) is 4.79 Å². The number of para-hydroxylation sites is 1. The van der Waals surface area contributed by atoms with Crippen molar-refractivity contribution in [3.05, 3.63) is 94.6 Å². The predicted octanol–water partition coefficient (Wildman–Crippen LogP) is 5.00. The van der Waals surface area contributed by atoms with Crippen LogP contribution in [0.5, 0.6) is 0 Å². The monoisotopic (exact) mass is 812 g/mol. The Morgan fingerprint density at radius 3 is 2.32 bits per heavy atom. The normalized spacial score (nSPS) is 16.1. The second-order valence-corrected chi connectivity index (χ2v) is 17.1. The minimum atomic E-state index is -1.82. The van der Waals surface area contributed by atoms with Crippen LogP contribution in [0.2, 0.25) is 0 Å². The summed E-state index contributed by atoms with van der Waals surface area (Å²) in [7, 11) is 0. The summed E-state index contributed by atoms with van der Waals surface area (Å²) in [5, 5.41) is 18.2. The fraction of sp³-hybridized carbons (Fsp3) is 0.523. The quantitative estimate of drug-likeness (QED) is 0.0837. The Balaban J connectivity index is 1.56. The highest BCUT2D eigenvalue weighted by Gasteiger charge is 2.45. The average Bonchev–Trinajstić information content (AvgIpc) is 3.71. The molecule has 0 bridgehead atoms. The van der Waals surface area contributed by atoms with Crippen LogP contribution in [0.15, 0.2) is 71.9 Å². The minimum absolute atomic E-state index is 0.0103. The molecular formula is C44H60N8O7. The number of hydrogen-bond acceptors (Lipinski definition) is 10. The van der Waals surface area contributed by atoms with Gasteiger partial charge in [0.1, 0.15) is 23.5 Å². The molecule has 2 aromatic carbocycles. The SMILES string of the molecule is CC(C)C[C@H](NC(=O)C([C@@H](O)CCC1CCCCC1)N(C(=O)OC(C)(C)C)C(=O)[C@H](Cc1c[nH]cn1)NC(=O)[C@@H](N)Cc1ccccc1)c1nc2ccccc2c(=O)[nH]1. The number of nitrogens with two attached hydrogens (primary N) is 1. The molecule has 2 heterocycles. The molecule has 0 spiro atoms. The van der Waals surface area contributed by atoms with E-state index in [4.69, 9.17) is 10.5 Å². The first-order valence-corrected chi connectivity index (χ1v) is 20.7. The van der Waals surface area contributed by atoms with Gasteiger partial charge in [-0.2, -0.15) is 0 Å². The van der Waals surface area contributed by atoms with Crippen molar-refractivity contribution in [2.24, 2.45) is 17.6 Å². The molecule has 1 aliphatic carbocycles. The first-order chi connectivity index (χ1) is 28.1. The maximum Gasteiger partial charge on any atom is 0.417 e. The fourth-order valence-electron chi connectivity index (χ4n) is 7.61. The molecule has 7 N–H and O–H groups in total. The number of imidazole rings is 1. The second-order valence-electron chi connectivity index (χ2n) is 17.1. The van der Waals surface area contributed by atoms with E-state index in [0.29, 0.717) is 40.3 Å². The van der Waals surface area contributed by atoms with Crippen LogP contribution in [0.25, 0.3) is 10.9 Å². The maximum absolute atomic E-state index is 15.1. The number of aliphatic hydroxyl groups is 1. The van der Waals surface area contributed by atoms with Crippen LogP contribution in [0.1, 0.15) is 109 Å². The molecule has 0 saturated heterocycles. The van der Waals surface area contributed by atoms with Gasteiger partial charge in [-0.25, -0.2) is 19.7 Å². The first kappa shape index (κ1) is 44.7. The number of benzene rings is 2. The summed E-state index contributed by atoms with van der Waals surface area (Å²) in [5.74, 6) is -2.08. The van der Waals surface area contributed by atoms with Gasteiger partial charge >= 0.3 is 6.09 Å². The number of amides is 4. The standard InChI is InChI=1S/C44H60N8O7/c1-27(2)22-34(38-48-33-19-13-12-18-31(33)39(54)51-38)49-41(56)37(36(53)21-20-28-14-8-6-9-15-28)52(43(58)59-44(3,4)5)42(57)35(24-30-25-46-26-47-30)50-40(55)32(45)23-29-16-10-7-11-17-29/h7,10-13,16-19,25-28,32,34-37,53H,6,8-9,14-15,20-24,45H2,1-5H3,(H,46,47)(H,49,56)(H,50,55)(H,48,51,54)/t32-,34-,35-,36-,37?/m0/s1. The molecule has 4 aromatic rings. The van der Waals surface area contributed by atoms with Gasteiger partial charge in [0.25, 0.3) is 11.5 Å². The summed E-state index contributed by atoms with van der Waals surface area (Å²) < 4.78 is 5.79. The van der Waals surface area contributed by atoms with Gasteiger partial charge < -0.3 is 36.2 Å². The molecule has 5 rings (SSSR count). The van der Waals surface area contributed by atoms with Gasteiger partial charge in [-0.05, 0) is 76.0 Å². The lowest BCUT2D eigenvalue weighted by molar-refractivity contribution is -0.147. The van der Waals surface area contributed by atoms with Gasteiger partial charge in [-0.1, -0.05) is 88.4 Å². The molecule has 318 valence electrons. The number of nitrogens with one attached hydrogen (secondary N) is 4. The molecule has 15 heteroatoms. The van der Waals surface area contributed by atoms with Crippen molar-refractivity contribution in [3.63, 3.8) is 0 Å².